The third kappa shape index (κ3) is 5.00. The number of hydrogen-bond donors (Lipinski definition) is 2. The topological polar surface area (TPSA) is 59.8 Å². The summed E-state index contributed by atoms with van der Waals surface area (Å²) in [4.78, 5) is 24.9. The van der Waals surface area contributed by atoms with Crippen LogP contribution in [-0.2, 0) is 14.3 Å². The quantitative estimate of drug-likeness (QED) is 0.798. The minimum atomic E-state index is -0.104. The van der Waals surface area contributed by atoms with Crippen molar-refractivity contribution in [2.75, 3.05) is 31.6 Å². The Balaban J connectivity index is 1.74. The lowest BCUT2D eigenvalue weighted by Crippen LogP contribution is -3.14. The van der Waals surface area contributed by atoms with E-state index in [9.17, 15) is 9.59 Å². The largest absolute Gasteiger partial charge is 0.466 e. The van der Waals surface area contributed by atoms with Crippen LogP contribution < -0.4 is 10.2 Å². The van der Waals surface area contributed by atoms with Crippen molar-refractivity contribution in [2.24, 2.45) is 5.92 Å². The lowest BCUT2D eigenvalue weighted by atomic mass is 9.97. The van der Waals surface area contributed by atoms with Crippen LogP contribution in [0.5, 0.6) is 0 Å². The molecule has 1 heterocycles. The molecule has 0 aromatic heterocycles. The summed E-state index contributed by atoms with van der Waals surface area (Å²) >= 11 is 5.81. The average molecular weight is 326 g/mol. The number of anilines is 1. The van der Waals surface area contributed by atoms with E-state index >= 15 is 0 Å². The molecule has 1 saturated heterocycles. The van der Waals surface area contributed by atoms with Crippen LogP contribution in [0, 0.1) is 5.92 Å². The molecule has 0 spiro atoms. The van der Waals surface area contributed by atoms with E-state index in [1.165, 1.54) is 4.90 Å². The predicted octanol–water partition coefficient (Wildman–Crippen LogP) is 1.14. The Hall–Kier alpha value is -1.59. The minimum Gasteiger partial charge on any atom is -0.466 e. The molecule has 120 valence electrons. The first-order valence-corrected chi connectivity index (χ1v) is 8.02. The van der Waals surface area contributed by atoms with Crippen LogP contribution in [0.1, 0.15) is 19.8 Å². The van der Waals surface area contributed by atoms with Crippen LogP contribution in [0.3, 0.4) is 0 Å². The summed E-state index contributed by atoms with van der Waals surface area (Å²) in [6.45, 7) is 4.29. The number of rotatable bonds is 5. The van der Waals surface area contributed by atoms with E-state index in [1.54, 1.807) is 24.3 Å². The normalized spacial score (nSPS) is 21.2. The number of halogens is 1. The molecule has 1 amide bonds. The summed E-state index contributed by atoms with van der Waals surface area (Å²) in [6, 6.07) is 7.05. The zero-order valence-electron chi connectivity index (χ0n) is 12.7. The monoisotopic (exact) mass is 325 g/mol. The van der Waals surface area contributed by atoms with Crippen molar-refractivity contribution in [3.05, 3.63) is 29.3 Å². The van der Waals surface area contributed by atoms with Gasteiger partial charge in [-0.3, -0.25) is 9.59 Å². The third-order valence-corrected chi connectivity index (χ3v) is 4.10. The molecular formula is C16H22ClN2O3+. The van der Waals surface area contributed by atoms with Gasteiger partial charge in [0.25, 0.3) is 5.91 Å². The van der Waals surface area contributed by atoms with Crippen LogP contribution in [0.2, 0.25) is 5.02 Å². The Kier molecular flexibility index (Phi) is 6.21. The number of esters is 1. The molecule has 5 nitrogen and oxygen atoms in total. The molecule has 6 heteroatoms. The number of carbonyl (C=O) groups excluding carboxylic acids is 2. The molecule has 0 aliphatic carbocycles. The van der Waals surface area contributed by atoms with Crippen molar-refractivity contribution in [1.82, 2.24) is 0 Å². The highest BCUT2D eigenvalue weighted by molar-refractivity contribution is 6.30. The van der Waals surface area contributed by atoms with Gasteiger partial charge in [0, 0.05) is 23.6 Å². The lowest BCUT2D eigenvalue weighted by molar-refractivity contribution is -0.897. The highest BCUT2D eigenvalue weighted by Gasteiger charge is 2.29. The van der Waals surface area contributed by atoms with E-state index in [4.69, 9.17) is 16.3 Å². The maximum atomic E-state index is 12.0. The van der Waals surface area contributed by atoms with Gasteiger partial charge in [-0.25, -0.2) is 0 Å². The fourth-order valence-electron chi connectivity index (χ4n) is 2.66. The van der Waals surface area contributed by atoms with Crippen LogP contribution in [0.25, 0.3) is 0 Å². The van der Waals surface area contributed by atoms with E-state index in [0.717, 1.165) is 31.6 Å². The second-order valence-corrected chi connectivity index (χ2v) is 5.94. The standard InChI is InChI=1S/C16H21ClN2O3/c1-2-22-16(21)12-7-9-19(10-8-12)11-15(20)18-14-5-3-13(17)4-6-14/h3-6,12H,2,7-11H2,1H3,(H,18,20)/p+1. The van der Waals surface area contributed by atoms with Gasteiger partial charge < -0.3 is 15.0 Å². The Morgan fingerprint density at radius 3 is 2.50 bits per heavy atom. The van der Waals surface area contributed by atoms with Gasteiger partial charge in [0.1, 0.15) is 0 Å². The molecule has 0 saturated carbocycles. The summed E-state index contributed by atoms with van der Waals surface area (Å²) in [6.07, 6.45) is 1.56. The van der Waals surface area contributed by atoms with Gasteiger partial charge in [0.05, 0.1) is 25.6 Å². The summed E-state index contributed by atoms with van der Waals surface area (Å²) in [5.74, 6) is -0.137. The number of likely N-dealkylation sites (tertiary alicyclic amines) is 1. The van der Waals surface area contributed by atoms with Crippen molar-refractivity contribution in [3.63, 3.8) is 0 Å². The number of amides is 1. The van der Waals surface area contributed by atoms with Gasteiger partial charge in [-0.15, -0.1) is 0 Å². The number of nitrogens with one attached hydrogen (secondary N) is 2. The molecule has 0 unspecified atom stereocenters. The maximum Gasteiger partial charge on any atom is 0.309 e. The Labute approximate surface area is 135 Å². The SMILES string of the molecule is CCOC(=O)C1CC[NH+](CC(=O)Nc2ccc(Cl)cc2)CC1. The summed E-state index contributed by atoms with van der Waals surface area (Å²) in [5.41, 5.74) is 0.746. The molecule has 0 bridgehead atoms. The second-order valence-electron chi connectivity index (χ2n) is 5.51. The van der Waals surface area contributed by atoms with Gasteiger partial charge in [-0.05, 0) is 31.2 Å². The maximum absolute atomic E-state index is 12.0. The number of ether oxygens (including phenoxy) is 1. The van der Waals surface area contributed by atoms with Crippen molar-refractivity contribution in [2.45, 2.75) is 19.8 Å². The minimum absolute atomic E-state index is 0.0111. The summed E-state index contributed by atoms with van der Waals surface area (Å²) in [5, 5.41) is 3.50. The van der Waals surface area contributed by atoms with E-state index in [-0.39, 0.29) is 17.8 Å². The third-order valence-electron chi connectivity index (χ3n) is 3.85. The molecule has 1 fully saturated rings. The summed E-state index contributed by atoms with van der Waals surface area (Å²) < 4.78 is 5.05. The fraction of sp³-hybridized carbons (Fsp3) is 0.500. The van der Waals surface area contributed by atoms with Crippen LogP contribution in [-0.4, -0.2) is 38.1 Å². The van der Waals surface area contributed by atoms with Gasteiger partial charge in [-0.2, -0.15) is 0 Å². The number of carbonyl (C=O) groups is 2. The Morgan fingerprint density at radius 2 is 1.91 bits per heavy atom. The molecular weight excluding hydrogens is 304 g/mol. The number of benzene rings is 1. The highest BCUT2D eigenvalue weighted by Crippen LogP contribution is 2.13. The first-order valence-electron chi connectivity index (χ1n) is 7.64. The van der Waals surface area contributed by atoms with Gasteiger partial charge in [0.2, 0.25) is 0 Å². The van der Waals surface area contributed by atoms with Gasteiger partial charge in [0.15, 0.2) is 6.54 Å². The van der Waals surface area contributed by atoms with Crippen LogP contribution in [0.4, 0.5) is 5.69 Å². The molecule has 22 heavy (non-hydrogen) atoms. The molecule has 1 aliphatic heterocycles. The molecule has 2 rings (SSSR count). The molecule has 1 aromatic carbocycles. The zero-order chi connectivity index (χ0) is 15.9. The second kappa shape index (κ2) is 8.15. The smallest absolute Gasteiger partial charge is 0.309 e. The Morgan fingerprint density at radius 1 is 1.27 bits per heavy atom. The van der Waals surface area contributed by atoms with E-state index in [0.29, 0.717) is 18.2 Å². The van der Waals surface area contributed by atoms with E-state index < -0.39 is 0 Å². The van der Waals surface area contributed by atoms with Crippen molar-refractivity contribution in [1.29, 1.82) is 0 Å². The average Bonchev–Trinajstić information content (AvgIpc) is 2.50. The van der Waals surface area contributed by atoms with Gasteiger partial charge >= 0.3 is 5.97 Å². The van der Waals surface area contributed by atoms with Crippen LogP contribution in [0.15, 0.2) is 24.3 Å². The first-order chi connectivity index (χ1) is 10.6. The number of hydrogen-bond acceptors (Lipinski definition) is 3. The van der Waals surface area contributed by atoms with Gasteiger partial charge in [-0.1, -0.05) is 11.6 Å². The number of piperidine rings is 1. The predicted molar refractivity (Wildman–Crippen MR) is 85.0 cm³/mol. The van der Waals surface area contributed by atoms with E-state index in [2.05, 4.69) is 5.32 Å². The lowest BCUT2D eigenvalue weighted by Gasteiger charge is -2.27. The van der Waals surface area contributed by atoms with Crippen molar-refractivity contribution in [3.8, 4) is 0 Å². The zero-order valence-corrected chi connectivity index (χ0v) is 13.5. The van der Waals surface area contributed by atoms with E-state index in [1.807, 2.05) is 6.92 Å². The molecule has 2 N–H and O–H groups in total. The Bertz CT molecular complexity index is 511. The van der Waals surface area contributed by atoms with Crippen LogP contribution >= 0.6 is 11.6 Å². The molecule has 0 radical (unpaired) electrons. The fourth-order valence-corrected chi connectivity index (χ4v) is 2.79. The summed E-state index contributed by atoms with van der Waals surface area (Å²) in [7, 11) is 0. The molecule has 1 aliphatic rings. The first kappa shape index (κ1) is 16.8. The number of quaternary nitrogens is 1. The molecule has 0 atom stereocenters. The van der Waals surface area contributed by atoms with Crippen molar-refractivity contribution < 1.29 is 19.2 Å². The highest BCUT2D eigenvalue weighted by atomic mass is 35.5. The molecule has 1 aromatic rings. The van der Waals surface area contributed by atoms with Crippen molar-refractivity contribution >= 4 is 29.2 Å².